The molecule has 0 unspecified atom stereocenters. The smallest absolute Gasteiger partial charge is 0.304 e. The molecule has 0 spiro atoms. The second kappa shape index (κ2) is 7.00. The number of carboxylic acid groups (broad SMARTS) is 1. The maximum Gasteiger partial charge on any atom is 0.304 e. The molecule has 1 saturated heterocycles. The van der Waals surface area contributed by atoms with Crippen LogP contribution >= 0.6 is 11.3 Å². The number of aliphatic carboxylic acids is 1. The molecule has 130 valence electrons. The van der Waals surface area contributed by atoms with Gasteiger partial charge in [-0.15, -0.1) is 11.3 Å². The fraction of sp³-hybridized carbons (Fsp3) is 0.562. The van der Waals surface area contributed by atoms with Crippen molar-refractivity contribution in [2.75, 3.05) is 32.7 Å². The van der Waals surface area contributed by atoms with E-state index in [4.69, 9.17) is 5.11 Å². The number of rotatable bonds is 5. The molecule has 7 nitrogen and oxygen atoms in total. The van der Waals surface area contributed by atoms with Crippen LogP contribution in [0.25, 0.3) is 10.2 Å². The van der Waals surface area contributed by atoms with Gasteiger partial charge in [-0.2, -0.15) is 0 Å². The molecule has 0 saturated carbocycles. The molecule has 0 radical (unpaired) electrons. The van der Waals surface area contributed by atoms with Gasteiger partial charge in [0.1, 0.15) is 10.7 Å². The Balaban J connectivity index is 1.64. The van der Waals surface area contributed by atoms with Crippen molar-refractivity contribution in [2.24, 2.45) is 0 Å². The first-order chi connectivity index (χ1) is 11.4. The molecule has 0 bridgehead atoms. The number of hydrogen-bond donors (Lipinski definition) is 2. The fourth-order valence-electron chi connectivity index (χ4n) is 3.01. The summed E-state index contributed by atoms with van der Waals surface area (Å²) in [5, 5.41) is 9.45. The number of aromatic amines is 1. The SMILES string of the molecule is Cc1sc2nc(CN3CCN(CCC(=O)O)CC3)[nH]c(=O)c2c1C. The van der Waals surface area contributed by atoms with E-state index in [-0.39, 0.29) is 12.0 Å². The maximum atomic E-state index is 12.3. The third-order valence-corrected chi connectivity index (χ3v) is 5.67. The second-order valence-corrected chi connectivity index (χ2v) is 7.44. The largest absolute Gasteiger partial charge is 0.481 e. The van der Waals surface area contributed by atoms with Crippen molar-refractivity contribution in [1.82, 2.24) is 19.8 Å². The van der Waals surface area contributed by atoms with E-state index in [1.807, 2.05) is 13.8 Å². The van der Waals surface area contributed by atoms with Crippen LogP contribution in [0.4, 0.5) is 0 Å². The molecule has 1 fully saturated rings. The lowest BCUT2D eigenvalue weighted by Crippen LogP contribution is -2.46. The van der Waals surface area contributed by atoms with Gasteiger partial charge in [-0.3, -0.25) is 14.5 Å². The van der Waals surface area contributed by atoms with E-state index in [1.165, 1.54) is 0 Å². The van der Waals surface area contributed by atoms with Crippen molar-refractivity contribution in [3.63, 3.8) is 0 Å². The zero-order valence-corrected chi connectivity index (χ0v) is 14.8. The highest BCUT2D eigenvalue weighted by Gasteiger charge is 2.19. The molecule has 0 atom stereocenters. The Kier molecular flexibility index (Phi) is 4.98. The summed E-state index contributed by atoms with van der Waals surface area (Å²) >= 11 is 1.57. The Morgan fingerprint density at radius 2 is 1.92 bits per heavy atom. The topological polar surface area (TPSA) is 89.5 Å². The highest BCUT2D eigenvalue weighted by atomic mass is 32.1. The summed E-state index contributed by atoms with van der Waals surface area (Å²) in [6.07, 6.45) is 0.183. The third kappa shape index (κ3) is 3.66. The summed E-state index contributed by atoms with van der Waals surface area (Å²) in [4.78, 5) is 36.8. The second-order valence-electron chi connectivity index (χ2n) is 6.24. The van der Waals surface area contributed by atoms with Gasteiger partial charge >= 0.3 is 5.97 Å². The van der Waals surface area contributed by atoms with Crippen LogP contribution in [0.2, 0.25) is 0 Å². The molecule has 0 aromatic carbocycles. The maximum absolute atomic E-state index is 12.3. The van der Waals surface area contributed by atoms with E-state index in [2.05, 4.69) is 19.8 Å². The van der Waals surface area contributed by atoms with Crippen molar-refractivity contribution < 1.29 is 9.90 Å². The van der Waals surface area contributed by atoms with Gasteiger partial charge < -0.3 is 15.0 Å². The molecule has 2 aromatic heterocycles. The standard InChI is InChI=1S/C16H22N4O3S/c1-10-11(2)24-16-14(10)15(23)17-12(18-16)9-20-7-5-19(6-8-20)4-3-13(21)22/h3-9H2,1-2H3,(H,21,22)(H,17,18,23). The third-order valence-electron chi connectivity index (χ3n) is 4.57. The first-order valence-corrected chi connectivity index (χ1v) is 8.91. The number of fused-ring (bicyclic) bond motifs is 1. The Bertz CT molecular complexity index is 805. The van der Waals surface area contributed by atoms with Crippen molar-refractivity contribution in [1.29, 1.82) is 0 Å². The minimum atomic E-state index is -0.756. The number of thiophene rings is 1. The van der Waals surface area contributed by atoms with Crippen LogP contribution in [0.1, 0.15) is 22.7 Å². The quantitative estimate of drug-likeness (QED) is 0.842. The van der Waals surface area contributed by atoms with Crippen LogP contribution in [-0.4, -0.2) is 63.6 Å². The van der Waals surface area contributed by atoms with Gasteiger partial charge in [0.25, 0.3) is 5.56 Å². The first-order valence-electron chi connectivity index (χ1n) is 8.09. The molecule has 8 heteroatoms. The van der Waals surface area contributed by atoms with E-state index < -0.39 is 5.97 Å². The number of carboxylic acids is 1. The van der Waals surface area contributed by atoms with Crippen molar-refractivity contribution >= 4 is 27.5 Å². The molecule has 24 heavy (non-hydrogen) atoms. The van der Waals surface area contributed by atoms with Gasteiger partial charge in [0.15, 0.2) is 0 Å². The molecule has 1 aliphatic rings. The minimum Gasteiger partial charge on any atom is -0.481 e. The molecule has 2 aromatic rings. The van der Waals surface area contributed by atoms with Crippen LogP contribution in [0.15, 0.2) is 4.79 Å². The predicted molar refractivity (Wildman–Crippen MR) is 93.7 cm³/mol. The average molecular weight is 350 g/mol. The molecule has 2 N–H and O–H groups in total. The lowest BCUT2D eigenvalue weighted by atomic mass is 10.2. The number of H-pyrrole nitrogens is 1. The fourth-order valence-corrected chi connectivity index (χ4v) is 4.06. The lowest BCUT2D eigenvalue weighted by Gasteiger charge is -2.34. The first kappa shape index (κ1) is 17.1. The summed E-state index contributed by atoms with van der Waals surface area (Å²) < 4.78 is 0. The van der Waals surface area contributed by atoms with E-state index >= 15 is 0 Å². The van der Waals surface area contributed by atoms with E-state index in [0.29, 0.717) is 24.3 Å². The van der Waals surface area contributed by atoms with Crippen LogP contribution in [0.5, 0.6) is 0 Å². The van der Waals surface area contributed by atoms with Gasteiger partial charge in [0.2, 0.25) is 0 Å². The summed E-state index contributed by atoms with van der Waals surface area (Å²) in [7, 11) is 0. The Morgan fingerprint density at radius 1 is 1.25 bits per heavy atom. The minimum absolute atomic E-state index is 0.0584. The lowest BCUT2D eigenvalue weighted by molar-refractivity contribution is -0.137. The van der Waals surface area contributed by atoms with Crippen LogP contribution in [0.3, 0.4) is 0 Å². The molecule has 0 aliphatic carbocycles. The summed E-state index contributed by atoms with van der Waals surface area (Å²) in [5.74, 6) is -0.0539. The number of nitrogens with one attached hydrogen (secondary N) is 1. The zero-order valence-electron chi connectivity index (χ0n) is 14.0. The van der Waals surface area contributed by atoms with Crippen LogP contribution in [-0.2, 0) is 11.3 Å². The zero-order chi connectivity index (χ0) is 17.3. The summed E-state index contributed by atoms with van der Waals surface area (Å²) in [6, 6.07) is 0. The highest BCUT2D eigenvalue weighted by molar-refractivity contribution is 7.18. The van der Waals surface area contributed by atoms with Gasteiger partial charge in [-0.05, 0) is 19.4 Å². The summed E-state index contributed by atoms with van der Waals surface area (Å²) in [5.41, 5.74) is 0.958. The monoisotopic (exact) mass is 350 g/mol. The summed E-state index contributed by atoms with van der Waals surface area (Å²) in [6.45, 7) is 8.58. The van der Waals surface area contributed by atoms with Gasteiger partial charge in [-0.1, -0.05) is 0 Å². The molecular formula is C16H22N4O3S. The van der Waals surface area contributed by atoms with Gasteiger partial charge in [0.05, 0.1) is 18.4 Å². The van der Waals surface area contributed by atoms with Crippen molar-refractivity contribution in [3.8, 4) is 0 Å². The Hall–Kier alpha value is -1.77. The van der Waals surface area contributed by atoms with Gasteiger partial charge in [0, 0.05) is 37.6 Å². The normalized spacial score (nSPS) is 16.8. The number of hydrogen-bond acceptors (Lipinski definition) is 6. The van der Waals surface area contributed by atoms with E-state index in [1.54, 1.807) is 11.3 Å². The van der Waals surface area contributed by atoms with Crippen molar-refractivity contribution in [2.45, 2.75) is 26.8 Å². The Labute approximate surface area is 143 Å². The van der Waals surface area contributed by atoms with E-state index in [0.717, 1.165) is 41.5 Å². The molecular weight excluding hydrogens is 328 g/mol. The highest BCUT2D eigenvalue weighted by Crippen LogP contribution is 2.25. The predicted octanol–water partition coefficient (Wildman–Crippen LogP) is 1.19. The van der Waals surface area contributed by atoms with E-state index in [9.17, 15) is 9.59 Å². The van der Waals surface area contributed by atoms with Crippen LogP contribution in [0, 0.1) is 13.8 Å². The number of aryl methyl sites for hydroxylation is 2. The van der Waals surface area contributed by atoms with Gasteiger partial charge in [-0.25, -0.2) is 4.98 Å². The Morgan fingerprint density at radius 3 is 2.58 bits per heavy atom. The molecule has 3 heterocycles. The number of aromatic nitrogens is 2. The molecule has 1 aliphatic heterocycles. The molecule has 0 amide bonds. The van der Waals surface area contributed by atoms with Crippen LogP contribution < -0.4 is 5.56 Å². The van der Waals surface area contributed by atoms with Crippen molar-refractivity contribution in [3.05, 3.63) is 26.6 Å². The number of piperazine rings is 1. The molecule has 3 rings (SSSR count). The average Bonchev–Trinajstić information content (AvgIpc) is 2.81. The number of carbonyl (C=O) groups is 1. The number of nitrogens with zero attached hydrogens (tertiary/aromatic N) is 3.